The molecule has 8 nitrogen and oxygen atoms in total. The van der Waals surface area contributed by atoms with Crippen molar-refractivity contribution in [1.82, 2.24) is 39.0 Å². The average molecular weight is 1310 g/mol. The van der Waals surface area contributed by atoms with Gasteiger partial charge < -0.3 is 9.13 Å². The van der Waals surface area contributed by atoms with Crippen LogP contribution in [0.1, 0.15) is 0 Å². The summed E-state index contributed by atoms with van der Waals surface area (Å²) in [7, 11) is 0. The lowest BCUT2D eigenvalue weighted by atomic mass is 9.99. The molecule has 466 valence electrons. The van der Waals surface area contributed by atoms with Crippen molar-refractivity contribution in [1.29, 1.82) is 0 Å². The zero-order chi connectivity index (χ0) is 65.8. The van der Waals surface area contributed by atoms with E-state index in [-0.39, 0.29) is 0 Å². The molecule has 0 spiro atoms. The number of nitrogens with zero attached hydrogens (tertiary/aromatic N) is 8. The summed E-state index contributed by atoms with van der Waals surface area (Å²) in [5.74, 6) is 3.76. The van der Waals surface area contributed by atoms with Gasteiger partial charge in [0, 0.05) is 107 Å². The summed E-state index contributed by atoms with van der Waals surface area (Å²) >= 11 is 3.59. The standard InChI is InChI=1S/C90H54N8S2/c1-6-19-55(20-7-1)61-36-43-78-73(48-61)74-49-62(37-44-79(74)97(78)67-38-45-81-75(53-67)71-41-34-65(51-83(71)99-81)89-93-85(57-23-10-3-11-24-57)91-86(94-89)58-25-12-4-13-26-58)60-29-18-30-64(47-60)88-92-87(59-27-14-5-15-28-59)95-90(96-88)66-35-42-72-76-54-68(39-46-82(76)100-84(72)52-66)98-77-32-17-16-31-69(77)70-40-33-63(50-80(70)98)56-21-8-2-9-22-56/h1-54H. The van der Waals surface area contributed by atoms with E-state index in [0.717, 1.165) is 82.6 Å². The molecule has 0 saturated heterocycles. The van der Waals surface area contributed by atoms with Crippen molar-refractivity contribution in [3.8, 4) is 113 Å². The van der Waals surface area contributed by atoms with E-state index in [1.807, 2.05) is 78.9 Å². The molecule has 20 aromatic rings. The molecule has 6 aromatic heterocycles. The van der Waals surface area contributed by atoms with E-state index >= 15 is 0 Å². The molecule has 0 aliphatic carbocycles. The molecule has 0 atom stereocenters. The number of benzene rings is 14. The highest BCUT2D eigenvalue weighted by Gasteiger charge is 2.22. The smallest absolute Gasteiger partial charge is 0.164 e. The topological polar surface area (TPSA) is 87.2 Å². The summed E-state index contributed by atoms with van der Waals surface area (Å²) in [6.07, 6.45) is 0. The zero-order valence-electron chi connectivity index (χ0n) is 53.6. The number of fused-ring (bicyclic) bond motifs is 12. The van der Waals surface area contributed by atoms with Crippen molar-refractivity contribution in [2.45, 2.75) is 0 Å². The number of para-hydroxylation sites is 1. The molecular weight excluding hydrogens is 1260 g/mol. The molecule has 0 fully saturated rings. The van der Waals surface area contributed by atoms with Crippen molar-refractivity contribution < 1.29 is 0 Å². The van der Waals surface area contributed by atoms with Crippen LogP contribution in [0.5, 0.6) is 0 Å². The van der Waals surface area contributed by atoms with Crippen LogP contribution in [-0.4, -0.2) is 39.0 Å². The highest BCUT2D eigenvalue weighted by molar-refractivity contribution is 7.26. The van der Waals surface area contributed by atoms with Crippen molar-refractivity contribution in [2.75, 3.05) is 0 Å². The molecule has 0 aliphatic rings. The van der Waals surface area contributed by atoms with Crippen LogP contribution in [0.25, 0.3) is 197 Å². The van der Waals surface area contributed by atoms with Crippen LogP contribution in [-0.2, 0) is 0 Å². The fraction of sp³-hybridized carbons (Fsp3) is 0. The number of aromatic nitrogens is 8. The fourth-order valence-electron chi connectivity index (χ4n) is 14.6. The van der Waals surface area contributed by atoms with Crippen molar-refractivity contribution in [3.63, 3.8) is 0 Å². The van der Waals surface area contributed by atoms with Crippen LogP contribution in [0.2, 0.25) is 0 Å². The van der Waals surface area contributed by atoms with Crippen LogP contribution in [0.3, 0.4) is 0 Å². The lowest BCUT2D eigenvalue weighted by Crippen LogP contribution is -2.00. The Morgan fingerprint density at radius 1 is 0.170 bits per heavy atom. The first kappa shape index (κ1) is 57.4. The van der Waals surface area contributed by atoms with E-state index in [2.05, 4.69) is 258 Å². The second kappa shape index (κ2) is 23.5. The molecule has 6 heterocycles. The van der Waals surface area contributed by atoms with Crippen molar-refractivity contribution >= 4 is 107 Å². The number of hydrogen-bond donors (Lipinski definition) is 0. The first-order valence-electron chi connectivity index (χ1n) is 33.5. The normalized spacial score (nSPS) is 11.8. The SMILES string of the molecule is c1ccc(-c2ccc3c(c2)c2cc(-c4cccc(-c5nc(-c6ccccc6)nc(-c6ccc7c(c6)sc6ccc(-n8c9ccccc9c9ccc(-c%10ccccc%10)cc98)cc67)n5)c4)ccc2n3-c2ccc3sc4cc(-c5nc(-c6ccccc6)nc(-c6ccccc6)n5)ccc4c3c2)cc1. The van der Waals surface area contributed by atoms with Gasteiger partial charge >= 0.3 is 0 Å². The lowest BCUT2D eigenvalue weighted by molar-refractivity contribution is 1.07. The summed E-state index contributed by atoms with van der Waals surface area (Å²) < 4.78 is 9.61. The highest BCUT2D eigenvalue weighted by Crippen LogP contribution is 2.44. The Hall–Kier alpha value is -12.9. The van der Waals surface area contributed by atoms with Crippen LogP contribution < -0.4 is 0 Å². The number of rotatable bonds is 11. The minimum Gasteiger partial charge on any atom is -0.309 e. The van der Waals surface area contributed by atoms with Crippen molar-refractivity contribution in [2.24, 2.45) is 0 Å². The maximum absolute atomic E-state index is 5.35. The molecule has 0 aliphatic heterocycles. The van der Waals surface area contributed by atoms with Gasteiger partial charge in [-0.3, -0.25) is 0 Å². The van der Waals surface area contributed by atoms with E-state index in [0.29, 0.717) is 34.9 Å². The molecule has 20 rings (SSSR count). The Bertz CT molecular complexity index is 6580. The summed E-state index contributed by atoms with van der Waals surface area (Å²) in [4.78, 5) is 30.9. The van der Waals surface area contributed by atoms with Gasteiger partial charge in [-0.05, 0) is 124 Å². The van der Waals surface area contributed by atoms with E-state index in [4.69, 9.17) is 29.9 Å². The molecule has 0 bridgehead atoms. The predicted octanol–water partition coefficient (Wildman–Crippen LogP) is 24.0. The third-order valence-electron chi connectivity index (χ3n) is 19.4. The monoisotopic (exact) mass is 1310 g/mol. The van der Waals surface area contributed by atoms with E-state index in [9.17, 15) is 0 Å². The molecule has 10 heteroatoms. The Morgan fingerprint density at radius 3 is 0.990 bits per heavy atom. The largest absolute Gasteiger partial charge is 0.309 e. The van der Waals surface area contributed by atoms with Gasteiger partial charge in [0.1, 0.15) is 0 Å². The van der Waals surface area contributed by atoms with Gasteiger partial charge in [0.2, 0.25) is 0 Å². The van der Waals surface area contributed by atoms with Crippen LogP contribution in [0, 0.1) is 0 Å². The third kappa shape index (κ3) is 9.87. The zero-order valence-corrected chi connectivity index (χ0v) is 55.2. The minimum absolute atomic E-state index is 0.603. The van der Waals surface area contributed by atoms with Crippen LogP contribution in [0.15, 0.2) is 328 Å². The predicted molar refractivity (Wildman–Crippen MR) is 417 cm³/mol. The van der Waals surface area contributed by atoms with Gasteiger partial charge in [0.15, 0.2) is 34.9 Å². The minimum atomic E-state index is 0.603. The van der Waals surface area contributed by atoms with Gasteiger partial charge in [-0.2, -0.15) is 0 Å². The van der Waals surface area contributed by atoms with E-state index < -0.39 is 0 Å². The van der Waals surface area contributed by atoms with Crippen molar-refractivity contribution in [3.05, 3.63) is 328 Å². The second-order valence-corrected chi connectivity index (χ2v) is 27.6. The van der Waals surface area contributed by atoms with Gasteiger partial charge in [-0.1, -0.05) is 237 Å². The maximum atomic E-state index is 5.35. The molecule has 100 heavy (non-hydrogen) atoms. The van der Waals surface area contributed by atoms with Gasteiger partial charge in [0.05, 0.1) is 22.1 Å². The molecule has 0 N–H and O–H groups in total. The molecular formula is C90H54N8S2. The Labute approximate surface area is 582 Å². The third-order valence-corrected chi connectivity index (χ3v) is 21.7. The summed E-state index contributed by atoms with van der Waals surface area (Å²) in [6.45, 7) is 0. The second-order valence-electron chi connectivity index (χ2n) is 25.4. The molecule has 14 aromatic carbocycles. The summed E-state index contributed by atoms with van der Waals surface area (Å²) in [5.41, 5.74) is 19.3. The van der Waals surface area contributed by atoms with E-state index in [1.54, 1.807) is 22.7 Å². The Balaban J connectivity index is 0.669. The summed E-state index contributed by atoms with van der Waals surface area (Å²) in [5, 5.41) is 9.58. The lowest BCUT2D eigenvalue weighted by Gasteiger charge is -2.11. The van der Waals surface area contributed by atoms with Gasteiger partial charge in [-0.25, -0.2) is 29.9 Å². The highest BCUT2D eigenvalue weighted by atomic mass is 32.1. The first-order chi connectivity index (χ1) is 49.5. The molecule has 0 unspecified atom stereocenters. The number of thiophene rings is 2. The summed E-state index contributed by atoms with van der Waals surface area (Å²) in [6, 6.07) is 117. The quantitative estimate of drug-likeness (QED) is 0.128. The molecule has 0 saturated carbocycles. The van der Waals surface area contributed by atoms with Crippen LogP contribution in [0.4, 0.5) is 0 Å². The molecule has 0 amide bonds. The van der Waals surface area contributed by atoms with Crippen LogP contribution >= 0.6 is 22.7 Å². The van der Waals surface area contributed by atoms with E-state index in [1.165, 1.54) is 79.5 Å². The Morgan fingerprint density at radius 2 is 0.500 bits per heavy atom. The number of hydrogen-bond acceptors (Lipinski definition) is 8. The van der Waals surface area contributed by atoms with Gasteiger partial charge in [-0.15, -0.1) is 22.7 Å². The Kier molecular flexibility index (Phi) is 13.5. The van der Waals surface area contributed by atoms with Gasteiger partial charge in [0.25, 0.3) is 0 Å². The maximum Gasteiger partial charge on any atom is 0.164 e. The average Bonchev–Trinajstić information content (AvgIpc) is 1.54. The molecule has 0 radical (unpaired) electrons. The first-order valence-corrected chi connectivity index (χ1v) is 35.1. The fourth-order valence-corrected chi connectivity index (χ4v) is 16.8.